The van der Waals surface area contributed by atoms with Crippen LogP contribution in [0.2, 0.25) is 0 Å². The Morgan fingerprint density at radius 1 is 1.14 bits per heavy atom. The van der Waals surface area contributed by atoms with Crippen LogP contribution in [0, 0.1) is 0 Å². The first-order chi connectivity index (χ1) is 13.4. The van der Waals surface area contributed by atoms with Crippen LogP contribution < -0.4 is 4.90 Å². The fourth-order valence-corrected chi connectivity index (χ4v) is 5.58. The van der Waals surface area contributed by atoms with Crippen LogP contribution in [0.15, 0.2) is 51.8 Å². The standard InChI is InChI=1S/C21H25BrN2O3S/c1-3-23(4-2)28(26,27)18-10-11-20-17(15-18)13-14-24(20)21(25)12-9-16-7-5-6-8-19(16)22/h5-8,10-11,15H,3-4,9,12-14H2,1-2H3. The highest BCUT2D eigenvalue weighted by molar-refractivity contribution is 9.10. The number of hydrogen-bond acceptors (Lipinski definition) is 3. The number of aryl methyl sites for hydroxylation is 1. The monoisotopic (exact) mass is 464 g/mol. The molecule has 3 rings (SSSR count). The Hall–Kier alpha value is -1.70. The largest absolute Gasteiger partial charge is 0.312 e. The van der Waals surface area contributed by atoms with Crippen LogP contribution in [0.4, 0.5) is 5.69 Å². The van der Waals surface area contributed by atoms with Crippen molar-refractivity contribution in [2.24, 2.45) is 0 Å². The molecule has 0 saturated heterocycles. The molecule has 0 fully saturated rings. The van der Waals surface area contributed by atoms with E-state index in [1.165, 1.54) is 4.31 Å². The fraction of sp³-hybridized carbons (Fsp3) is 0.381. The zero-order valence-electron chi connectivity index (χ0n) is 16.2. The predicted octanol–water partition coefficient (Wildman–Crippen LogP) is 4.00. The van der Waals surface area contributed by atoms with Gasteiger partial charge in [-0.15, -0.1) is 0 Å². The van der Waals surface area contributed by atoms with Crippen molar-refractivity contribution in [3.8, 4) is 0 Å². The Balaban J connectivity index is 1.76. The zero-order chi connectivity index (χ0) is 20.3. The van der Waals surface area contributed by atoms with Gasteiger partial charge in [-0.3, -0.25) is 4.79 Å². The Kier molecular flexibility index (Phi) is 6.58. The number of benzene rings is 2. The summed E-state index contributed by atoms with van der Waals surface area (Å²) in [5.41, 5.74) is 2.86. The molecule has 0 N–H and O–H groups in total. The van der Waals surface area contributed by atoms with Gasteiger partial charge in [-0.2, -0.15) is 4.31 Å². The maximum absolute atomic E-state index is 12.8. The van der Waals surface area contributed by atoms with E-state index in [1.807, 2.05) is 38.1 Å². The van der Waals surface area contributed by atoms with Gasteiger partial charge in [0.25, 0.3) is 0 Å². The highest BCUT2D eigenvalue weighted by Gasteiger charge is 2.28. The molecule has 1 amide bonds. The third kappa shape index (κ3) is 4.16. The van der Waals surface area contributed by atoms with Gasteiger partial charge in [0, 0.05) is 36.2 Å². The van der Waals surface area contributed by atoms with E-state index < -0.39 is 10.0 Å². The van der Waals surface area contributed by atoms with Gasteiger partial charge in [0.05, 0.1) is 4.90 Å². The fourth-order valence-electron chi connectivity index (χ4n) is 3.59. The van der Waals surface area contributed by atoms with E-state index in [4.69, 9.17) is 0 Å². The Labute approximate surface area is 175 Å². The molecule has 7 heteroatoms. The van der Waals surface area contributed by atoms with Crippen molar-refractivity contribution in [2.45, 2.75) is 38.0 Å². The van der Waals surface area contributed by atoms with Gasteiger partial charge in [-0.1, -0.05) is 48.0 Å². The van der Waals surface area contributed by atoms with Gasteiger partial charge >= 0.3 is 0 Å². The maximum Gasteiger partial charge on any atom is 0.243 e. The number of sulfonamides is 1. The van der Waals surface area contributed by atoms with Crippen molar-refractivity contribution in [1.29, 1.82) is 0 Å². The molecule has 1 aliphatic rings. The molecule has 28 heavy (non-hydrogen) atoms. The average Bonchev–Trinajstić information content (AvgIpc) is 3.11. The summed E-state index contributed by atoms with van der Waals surface area (Å²) in [6, 6.07) is 13.0. The molecule has 2 aromatic rings. The van der Waals surface area contributed by atoms with Gasteiger partial charge in [0.15, 0.2) is 0 Å². The van der Waals surface area contributed by atoms with E-state index in [1.54, 1.807) is 23.1 Å². The molecular formula is C21H25BrN2O3S. The molecule has 0 unspecified atom stereocenters. The van der Waals surface area contributed by atoms with Crippen LogP contribution in [-0.2, 0) is 27.7 Å². The maximum atomic E-state index is 12.8. The van der Waals surface area contributed by atoms with Crippen LogP contribution in [0.3, 0.4) is 0 Å². The molecule has 2 aromatic carbocycles. The molecule has 0 saturated carbocycles. The third-order valence-corrected chi connectivity index (χ3v) is 7.98. The number of carbonyl (C=O) groups is 1. The van der Waals surface area contributed by atoms with Crippen molar-refractivity contribution in [3.05, 3.63) is 58.1 Å². The van der Waals surface area contributed by atoms with Crippen molar-refractivity contribution in [3.63, 3.8) is 0 Å². The Bertz CT molecular complexity index is 971. The molecule has 150 valence electrons. The molecule has 0 atom stereocenters. The summed E-state index contributed by atoms with van der Waals surface area (Å²) >= 11 is 3.52. The minimum absolute atomic E-state index is 0.0638. The normalized spacial score (nSPS) is 13.8. The molecule has 0 bridgehead atoms. The first-order valence-electron chi connectivity index (χ1n) is 9.55. The number of anilines is 1. The van der Waals surface area contributed by atoms with Gasteiger partial charge in [0.1, 0.15) is 0 Å². The zero-order valence-corrected chi connectivity index (χ0v) is 18.6. The quantitative estimate of drug-likeness (QED) is 0.621. The van der Waals surface area contributed by atoms with E-state index in [2.05, 4.69) is 15.9 Å². The van der Waals surface area contributed by atoms with E-state index in [0.29, 0.717) is 43.8 Å². The number of fused-ring (bicyclic) bond motifs is 1. The molecule has 1 heterocycles. The van der Waals surface area contributed by atoms with Crippen LogP contribution in [0.1, 0.15) is 31.4 Å². The highest BCUT2D eigenvalue weighted by atomic mass is 79.9. The van der Waals surface area contributed by atoms with Crippen molar-refractivity contribution in [2.75, 3.05) is 24.5 Å². The molecule has 5 nitrogen and oxygen atoms in total. The van der Waals surface area contributed by atoms with E-state index in [0.717, 1.165) is 21.3 Å². The van der Waals surface area contributed by atoms with Crippen LogP contribution in [0.25, 0.3) is 0 Å². The molecule has 0 spiro atoms. The van der Waals surface area contributed by atoms with Crippen LogP contribution in [-0.4, -0.2) is 38.3 Å². The van der Waals surface area contributed by atoms with Gasteiger partial charge < -0.3 is 4.90 Å². The Morgan fingerprint density at radius 2 is 1.86 bits per heavy atom. The summed E-state index contributed by atoms with van der Waals surface area (Å²) in [4.78, 5) is 14.8. The first-order valence-corrected chi connectivity index (χ1v) is 11.8. The minimum atomic E-state index is -3.49. The molecular weight excluding hydrogens is 440 g/mol. The first kappa shape index (κ1) is 21.0. The van der Waals surface area contributed by atoms with Gasteiger partial charge in [-0.25, -0.2) is 8.42 Å². The van der Waals surface area contributed by atoms with Crippen molar-refractivity contribution in [1.82, 2.24) is 4.31 Å². The lowest BCUT2D eigenvalue weighted by atomic mass is 10.1. The molecule has 0 radical (unpaired) electrons. The number of hydrogen-bond donors (Lipinski definition) is 0. The lowest BCUT2D eigenvalue weighted by molar-refractivity contribution is -0.118. The summed E-state index contributed by atoms with van der Waals surface area (Å²) in [6.07, 6.45) is 1.76. The second-order valence-corrected chi connectivity index (χ2v) is 9.56. The summed E-state index contributed by atoms with van der Waals surface area (Å²) in [5, 5.41) is 0. The summed E-state index contributed by atoms with van der Waals surface area (Å²) < 4.78 is 27.9. The van der Waals surface area contributed by atoms with E-state index in [9.17, 15) is 13.2 Å². The number of nitrogens with zero attached hydrogens (tertiary/aromatic N) is 2. The minimum Gasteiger partial charge on any atom is -0.312 e. The predicted molar refractivity (Wildman–Crippen MR) is 115 cm³/mol. The topological polar surface area (TPSA) is 57.7 Å². The van der Waals surface area contributed by atoms with Crippen LogP contribution >= 0.6 is 15.9 Å². The summed E-state index contributed by atoms with van der Waals surface area (Å²) in [5.74, 6) is 0.0638. The van der Waals surface area contributed by atoms with Gasteiger partial charge in [-0.05, 0) is 48.2 Å². The summed E-state index contributed by atoms with van der Waals surface area (Å²) in [7, 11) is -3.49. The van der Waals surface area contributed by atoms with E-state index in [-0.39, 0.29) is 5.91 Å². The lowest BCUT2D eigenvalue weighted by Gasteiger charge is -2.20. The van der Waals surface area contributed by atoms with Crippen molar-refractivity contribution >= 4 is 37.5 Å². The second kappa shape index (κ2) is 8.76. The van der Waals surface area contributed by atoms with Gasteiger partial charge in [0.2, 0.25) is 15.9 Å². The molecule has 0 aromatic heterocycles. The lowest BCUT2D eigenvalue weighted by Crippen LogP contribution is -2.30. The van der Waals surface area contributed by atoms with Crippen LogP contribution in [0.5, 0.6) is 0 Å². The smallest absolute Gasteiger partial charge is 0.243 e. The number of carbonyl (C=O) groups excluding carboxylic acids is 1. The molecule has 0 aliphatic carbocycles. The third-order valence-electron chi connectivity index (χ3n) is 5.16. The van der Waals surface area contributed by atoms with E-state index >= 15 is 0 Å². The molecule has 1 aliphatic heterocycles. The Morgan fingerprint density at radius 3 is 2.54 bits per heavy atom. The number of rotatable bonds is 7. The second-order valence-electron chi connectivity index (χ2n) is 6.77. The SMILES string of the molecule is CCN(CC)S(=O)(=O)c1ccc2c(c1)CCN2C(=O)CCc1ccccc1Br. The summed E-state index contributed by atoms with van der Waals surface area (Å²) in [6.45, 7) is 5.14. The van der Waals surface area contributed by atoms with Crippen molar-refractivity contribution < 1.29 is 13.2 Å². The number of halogens is 1. The highest BCUT2D eigenvalue weighted by Crippen LogP contribution is 2.32. The number of amides is 1. The average molecular weight is 465 g/mol.